The van der Waals surface area contributed by atoms with Crippen LogP contribution in [0.3, 0.4) is 0 Å². The maximum Gasteiger partial charge on any atom is 0.158 e. The number of ether oxygens (including phenoxy) is 2. The average molecular weight is 485 g/mol. The van der Waals surface area contributed by atoms with E-state index in [1.54, 1.807) is 0 Å². The Kier molecular flexibility index (Phi) is 7.54. The van der Waals surface area contributed by atoms with E-state index in [1.165, 1.54) is 5.56 Å². The Morgan fingerprint density at radius 2 is 1.00 bits per heavy atom. The smallest absolute Gasteiger partial charge is 0.158 e. The van der Waals surface area contributed by atoms with E-state index in [9.17, 15) is 4.55 Å². The molecular formula is C31H32O3S. The number of hydrogen-bond acceptors (Lipinski definition) is 3. The van der Waals surface area contributed by atoms with Gasteiger partial charge in [-0.3, -0.25) is 0 Å². The SMILES string of the molecule is CC(C)Oc1ccc(-c2ccc(Oc3ccc([S+]([O-])c4ccc(C(C)(C)C)cc4)cc3)cc2)cc1. The third kappa shape index (κ3) is 6.47. The first-order chi connectivity index (χ1) is 16.7. The molecule has 4 heteroatoms. The fourth-order valence-electron chi connectivity index (χ4n) is 3.70. The second-order valence-corrected chi connectivity index (χ2v) is 11.3. The lowest BCUT2D eigenvalue weighted by Gasteiger charge is -2.19. The van der Waals surface area contributed by atoms with Crippen molar-refractivity contribution in [2.45, 2.75) is 55.9 Å². The molecule has 35 heavy (non-hydrogen) atoms. The van der Waals surface area contributed by atoms with Gasteiger partial charge in [-0.05, 0) is 96.6 Å². The van der Waals surface area contributed by atoms with Crippen molar-refractivity contribution in [3.05, 3.63) is 103 Å². The van der Waals surface area contributed by atoms with Crippen LogP contribution >= 0.6 is 0 Å². The van der Waals surface area contributed by atoms with Crippen LogP contribution < -0.4 is 9.47 Å². The minimum absolute atomic E-state index is 0.0737. The van der Waals surface area contributed by atoms with Gasteiger partial charge >= 0.3 is 0 Å². The standard InChI is InChI=1S/C31H32O3S/c1-22(2)33-26-12-6-23(7-13-26)24-8-14-27(15-9-24)34-28-16-20-30(21-17-28)35(32)29-18-10-25(11-19-29)31(3,4)5/h6-22H,1-5H3. The van der Waals surface area contributed by atoms with Gasteiger partial charge in [0, 0.05) is 11.2 Å². The van der Waals surface area contributed by atoms with Crippen molar-refractivity contribution >= 4 is 11.2 Å². The summed E-state index contributed by atoms with van der Waals surface area (Å²) in [6.45, 7) is 10.6. The van der Waals surface area contributed by atoms with Gasteiger partial charge in [0.05, 0.1) is 6.10 Å². The monoisotopic (exact) mass is 484 g/mol. The van der Waals surface area contributed by atoms with Crippen molar-refractivity contribution in [2.24, 2.45) is 0 Å². The molecule has 0 aliphatic heterocycles. The lowest BCUT2D eigenvalue weighted by Crippen LogP contribution is -2.11. The van der Waals surface area contributed by atoms with Crippen LogP contribution in [0.2, 0.25) is 0 Å². The molecular weight excluding hydrogens is 452 g/mol. The summed E-state index contributed by atoms with van der Waals surface area (Å²) in [6, 6.07) is 31.5. The first-order valence-electron chi connectivity index (χ1n) is 11.9. The molecule has 4 aromatic rings. The molecule has 0 amide bonds. The second kappa shape index (κ2) is 10.6. The average Bonchev–Trinajstić information content (AvgIpc) is 2.84. The highest BCUT2D eigenvalue weighted by molar-refractivity contribution is 7.91. The van der Waals surface area contributed by atoms with Gasteiger partial charge in [-0.15, -0.1) is 0 Å². The Morgan fingerprint density at radius 1 is 0.600 bits per heavy atom. The number of hydrogen-bond donors (Lipinski definition) is 0. The van der Waals surface area contributed by atoms with E-state index >= 15 is 0 Å². The molecule has 1 unspecified atom stereocenters. The van der Waals surface area contributed by atoms with Crippen LogP contribution in [0.25, 0.3) is 11.1 Å². The predicted octanol–water partition coefficient (Wildman–Crippen LogP) is 8.40. The molecule has 0 N–H and O–H groups in total. The molecule has 0 heterocycles. The zero-order chi connectivity index (χ0) is 25.0. The molecule has 180 valence electrons. The van der Waals surface area contributed by atoms with Crippen molar-refractivity contribution in [2.75, 3.05) is 0 Å². The molecule has 0 aromatic heterocycles. The molecule has 4 rings (SSSR count). The molecule has 0 fully saturated rings. The summed E-state index contributed by atoms with van der Waals surface area (Å²) in [5.74, 6) is 2.33. The van der Waals surface area contributed by atoms with Crippen LogP contribution in [0.15, 0.2) is 107 Å². The maximum absolute atomic E-state index is 13.0. The van der Waals surface area contributed by atoms with Gasteiger partial charge in [0.1, 0.15) is 17.2 Å². The summed E-state index contributed by atoms with van der Waals surface area (Å²) in [6.07, 6.45) is 0.159. The summed E-state index contributed by atoms with van der Waals surface area (Å²) in [4.78, 5) is 1.55. The fraction of sp³-hybridized carbons (Fsp3) is 0.226. The molecule has 0 saturated heterocycles. The largest absolute Gasteiger partial charge is 0.606 e. The summed E-state index contributed by atoms with van der Waals surface area (Å²) in [5, 5.41) is 0. The Morgan fingerprint density at radius 3 is 1.43 bits per heavy atom. The van der Waals surface area contributed by atoms with E-state index in [1.807, 2.05) is 86.6 Å². The molecule has 3 nitrogen and oxygen atoms in total. The minimum Gasteiger partial charge on any atom is -0.606 e. The normalized spacial score (nSPS) is 12.4. The topological polar surface area (TPSA) is 41.5 Å². The van der Waals surface area contributed by atoms with Crippen molar-refractivity contribution in [3.63, 3.8) is 0 Å². The van der Waals surface area contributed by atoms with Crippen LogP contribution in [-0.4, -0.2) is 10.7 Å². The fourth-order valence-corrected chi connectivity index (χ4v) is 4.73. The Balaban J connectivity index is 1.39. The van der Waals surface area contributed by atoms with Crippen LogP contribution in [0.4, 0.5) is 0 Å². The van der Waals surface area contributed by atoms with E-state index in [2.05, 4.69) is 45.0 Å². The zero-order valence-corrected chi connectivity index (χ0v) is 21.8. The zero-order valence-electron chi connectivity index (χ0n) is 20.9. The first-order valence-corrected chi connectivity index (χ1v) is 13.0. The second-order valence-electron chi connectivity index (χ2n) is 9.83. The van der Waals surface area contributed by atoms with Gasteiger partial charge in [-0.25, -0.2) is 0 Å². The lowest BCUT2D eigenvalue weighted by molar-refractivity contribution is 0.242. The van der Waals surface area contributed by atoms with Crippen LogP contribution in [0.5, 0.6) is 17.2 Å². The Hall–Kier alpha value is -3.21. The third-order valence-corrected chi connectivity index (χ3v) is 7.02. The number of benzene rings is 4. The summed E-state index contributed by atoms with van der Waals surface area (Å²) >= 11 is -1.23. The minimum atomic E-state index is -1.23. The highest BCUT2D eigenvalue weighted by Crippen LogP contribution is 2.30. The van der Waals surface area contributed by atoms with E-state index < -0.39 is 11.2 Å². The third-order valence-electron chi connectivity index (χ3n) is 5.62. The quantitative estimate of drug-likeness (QED) is 0.247. The molecule has 1 atom stereocenters. The highest BCUT2D eigenvalue weighted by Gasteiger charge is 2.18. The Bertz CT molecular complexity index is 1220. The van der Waals surface area contributed by atoms with Gasteiger partial charge in [0.2, 0.25) is 0 Å². The number of rotatable bonds is 7. The van der Waals surface area contributed by atoms with E-state index in [0.29, 0.717) is 5.75 Å². The van der Waals surface area contributed by atoms with Gasteiger partial charge in [0.25, 0.3) is 0 Å². The van der Waals surface area contributed by atoms with Crippen molar-refractivity contribution in [1.82, 2.24) is 0 Å². The van der Waals surface area contributed by atoms with Crippen molar-refractivity contribution in [1.29, 1.82) is 0 Å². The Labute approximate surface area is 211 Å². The van der Waals surface area contributed by atoms with Gasteiger partial charge in [-0.1, -0.05) is 57.2 Å². The molecule has 0 spiro atoms. The molecule has 0 radical (unpaired) electrons. The summed E-state index contributed by atoms with van der Waals surface area (Å²) < 4.78 is 24.7. The van der Waals surface area contributed by atoms with E-state index in [4.69, 9.17) is 9.47 Å². The molecule has 4 aromatic carbocycles. The lowest BCUT2D eigenvalue weighted by atomic mass is 9.87. The van der Waals surface area contributed by atoms with Crippen LogP contribution in [0, 0.1) is 0 Å². The van der Waals surface area contributed by atoms with Crippen molar-refractivity contribution < 1.29 is 14.0 Å². The molecule has 0 aliphatic rings. The summed E-state index contributed by atoms with van der Waals surface area (Å²) in [7, 11) is 0. The van der Waals surface area contributed by atoms with Crippen LogP contribution in [0.1, 0.15) is 40.2 Å². The highest BCUT2D eigenvalue weighted by atomic mass is 32.2. The van der Waals surface area contributed by atoms with E-state index in [0.717, 1.165) is 32.4 Å². The van der Waals surface area contributed by atoms with Crippen LogP contribution in [-0.2, 0) is 16.6 Å². The molecule has 0 saturated carbocycles. The van der Waals surface area contributed by atoms with Gasteiger partial charge in [0.15, 0.2) is 9.79 Å². The van der Waals surface area contributed by atoms with Crippen molar-refractivity contribution in [3.8, 4) is 28.4 Å². The van der Waals surface area contributed by atoms with E-state index in [-0.39, 0.29) is 11.5 Å². The van der Waals surface area contributed by atoms with Gasteiger partial charge < -0.3 is 14.0 Å². The van der Waals surface area contributed by atoms with Gasteiger partial charge in [-0.2, -0.15) is 0 Å². The summed E-state index contributed by atoms with van der Waals surface area (Å²) in [5.41, 5.74) is 3.53. The predicted molar refractivity (Wildman–Crippen MR) is 144 cm³/mol. The maximum atomic E-state index is 13.0. The molecule has 0 bridgehead atoms. The molecule has 0 aliphatic carbocycles. The first kappa shape index (κ1) is 24.9.